The predicted molar refractivity (Wildman–Crippen MR) is 211 cm³/mol. The Balaban J connectivity index is 1.12. The first kappa shape index (κ1) is 37.1. The Morgan fingerprint density at radius 2 is 1.56 bits per heavy atom. The molecule has 5 heteroatoms. The zero-order valence-electron chi connectivity index (χ0n) is 33.1. The summed E-state index contributed by atoms with van der Waals surface area (Å²) in [4.78, 5) is 26.6. The summed E-state index contributed by atoms with van der Waals surface area (Å²) in [5.41, 5.74) is 6.15. The van der Waals surface area contributed by atoms with Crippen LogP contribution in [0, 0.1) is 56.7 Å². The van der Waals surface area contributed by atoms with E-state index in [1.54, 1.807) is 0 Å². The quantitative estimate of drug-likeness (QED) is 0.155. The lowest BCUT2D eigenvalue weighted by molar-refractivity contribution is -0.225. The van der Waals surface area contributed by atoms with Gasteiger partial charge in [-0.05, 0) is 145 Å². The van der Waals surface area contributed by atoms with Crippen LogP contribution < -0.4 is 10.6 Å². The number of fused-ring (bicyclic) bond motifs is 7. The van der Waals surface area contributed by atoms with Crippen LogP contribution in [0.5, 0.6) is 0 Å². The Morgan fingerprint density at radius 3 is 2.25 bits per heavy atom. The van der Waals surface area contributed by atoms with E-state index in [1.165, 1.54) is 55.1 Å². The molecule has 0 heterocycles. The molecule has 2 aromatic carbocycles. The Kier molecular flexibility index (Phi) is 9.71. The fourth-order valence-electron chi connectivity index (χ4n) is 13.8. The smallest absolute Gasteiger partial charge is 0.337 e. The number of allylic oxidation sites excluding steroid dienone is 3. The monoisotopic (exact) mass is 704 g/mol. The SMILES string of the molecule is C=C(C)[C@@H]1CC[C@]2(C(=O)NCCNCc3ccccc3)CC[C@]3(C)[C@H](CCC4[C@@]5(C)CC=C(c6ccc(C(=O)OC)cc6)C(C)(C)[C@@H]5CC[C@]43C)[C@@H]12. The number of esters is 1. The summed E-state index contributed by atoms with van der Waals surface area (Å²) in [7, 11) is 1.44. The van der Waals surface area contributed by atoms with E-state index in [4.69, 9.17) is 4.74 Å². The first-order valence-electron chi connectivity index (χ1n) is 20.3. The van der Waals surface area contributed by atoms with Gasteiger partial charge >= 0.3 is 5.97 Å². The molecule has 5 aliphatic carbocycles. The van der Waals surface area contributed by atoms with Gasteiger partial charge in [0.15, 0.2) is 0 Å². The number of ether oxygens (including phenoxy) is 1. The zero-order valence-corrected chi connectivity index (χ0v) is 33.1. The average molecular weight is 705 g/mol. The van der Waals surface area contributed by atoms with Crippen LogP contribution >= 0.6 is 0 Å². The van der Waals surface area contributed by atoms with Gasteiger partial charge < -0.3 is 15.4 Å². The van der Waals surface area contributed by atoms with E-state index in [0.717, 1.165) is 45.2 Å². The van der Waals surface area contributed by atoms with Crippen molar-refractivity contribution in [2.24, 2.45) is 56.7 Å². The summed E-state index contributed by atoms with van der Waals surface area (Å²) in [6, 6.07) is 18.6. The Bertz CT molecular complexity index is 1710. The molecular formula is C47H64N2O3. The molecule has 1 amide bonds. The Hall–Kier alpha value is -3.18. The minimum atomic E-state index is -0.286. The molecule has 52 heavy (non-hydrogen) atoms. The van der Waals surface area contributed by atoms with Crippen LogP contribution in [0.15, 0.2) is 72.8 Å². The van der Waals surface area contributed by atoms with E-state index in [0.29, 0.717) is 47.6 Å². The lowest BCUT2D eigenvalue weighted by Gasteiger charge is -2.72. The van der Waals surface area contributed by atoms with Crippen LogP contribution in [0.25, 0.3) is 5.57 Å². The summed E-state index contributed by atoms with van der Waals surface area (Å²) in [5, 5.41) is 6.99. The molecule has 4 saturated carbocycles. The summed E-state index contributed by atoms with van der Waals surface area (Å²) < 4.78 is 4.97. The number of carbonyl (C=O) groups is 2. The van der Waals surface area contributed by atoms with Crippen molar-refractivity contribution in [2.75, 3.05) is 20.2 Å². The van der Waals surface area contributed by atoms with Gasteiger partial charge in [0.1, 0.15) is 0 Å². The van der Waals surface area contributed by atoms with Gasteiger partial charge in [-0.25, -0.2) is 4.79 Å². The van der Waals surface area contributed by atoms with Crippen molar-refractivity contribution in [1.82, 2.24) is 10.6 Å². The highest BCUT2D eigenvalue weighted by Gasteiger charge is 2.71. The molecule has 280 valence electrons. The van der Waals surface area contributed by atoms with Gasteiger partial charge in [-0.1, -0.05) is 95.3 Å². The third-order valence-corrected chi connectivity index (χ3v) is 16.5. The fraction of sp³-hybridized carbons (Fsp3) is 0.617. The number of methoxy groups -OCH3 is 1. The van der Waals surface area contributed by atoms with E-state index >= 15 is 0 Å². The third kappa shape index (κ3) is 5.66. The lowest BCUT2D eigenvalue weighted by Crippen LogP contribution is -2.66. The number of carbonyl (C=O) groups excluding carboxylic acids is 2. The second kappa shape index (κ2) is 13.6. The molecular weight excluding hydrogens is 641 g/mol. The van der Waals surface area contributed by atoms with E-state index < -0.39 is 0 Å². The molecule has 0 bridgehead atoms. The highest BCUT2D eigenvalue weighted by Crippen LogP contribution is 2.77. The molecule has 2 N–H and O–H groups in total. The molecule has 0 aromatic heterocycles. The van der Waals surface area contributed by atoms with Crippen molar-refractivity contribution in [1.29, 1.82) is 0 Å². The van der Waals surface area contributed by atoms with Crippen LogP contribution in [0.2, 0.25) is 0 Å². The number of benzene rings is 2. The third-order valence-electron chi connectivity index (χ3n) is 16.5. The van der Waals surface area contributed by atoms with Crippen LogP contribution in [0.4, 0.5) is 0 Å². The minimum absolute atomic E-state index is 0.0190. The average Bonchev–Trinajstić information content (AvgIpc) is 3.53. The summed E-state index contributed by atoms with van der Waals surface area (Å²) in [5.74, 6) is 2.56. The standard InChI is InChI=1S/C47H64N2O3/c1-31(2)35-20-25-47(42(51)49-29-28-48-30-32-12-10-9-11-13-32)27-26-45(6)37(40(35)47)18-19-39-44(5)23-21-36(33-14-16-34(17-15-33)41(50)52-8)43(3,4)38(44)22-24-46(39,45)7/h9-17,21,35,37-40,48H,1,18-20,22-30H2,2-8H3,(H,49,51)/t35-,37+,38-,39?,40+,44-,45+,46+,47-/m0/s1. The molecule has 5 nitrogen and oxygen atoms in total. The number of hydrogen-bond donors (Lipinski definition) is 2. The van der Waals surface area contributed by atoms with Gasteiger partial charge in [-0.2, -0.15) is 0 Å². The highest BCUT2D eigenvalue weighted by molar-refractivity contribution is 5.90. The maximum Gasteiger partial charge on any atom is 0.337 e. The number of rotatable bonds is 9. The Labute approximate surface area is 313 Å². The number of hydrogen-bond acceptors (Lipinski definition) is 4. The van der Waals surface area contributed by atoms with Crippen LogP contribution in [-0.2, 0) is 16.1 Å². The summed E-state index contributed by atoms with van der Waals surface area (Å²) in [6.45, 7) is 22.0. The van der Waals surface area contributed by atoms with Gasteiger partial charge in [0.25, 0.3) is 0 Å². The van der Waals surface area contributed by atoms with Gasteiger partial charge in [0, 0.05) is 19.6 Å². The minimum Gasteiger partial charge on any atom is -0.465 e. The first-order valence-corrected chi connectivity index (χ1v) is 20.3. The van der Waals surface area contributed by atoms with Crippen molar-refractivity contribution in [3.63, 3.8) is 0 Å². The second-order valence-electron chi connectivity index (χ2n) is 18.9. The van der Waals surface area contributed by atoms with Crippen LogP contribution in [0.1, 0.15) is 121 Å². The topological polar surface area (TPSA) is 67.4 Å². The fourth-order valence-corrected chi connectivity index (χ4v) is 13.8. The van der Waals surface area contributed by atoms with E-state index in [-0.39, 0.29) is 33.0 Å². The molecule has 0 radical (unpaired) electrons. The Morgan fingerprint density at radius 1 is 0.827 bits per heavy atom. The zero-order chi connectivity index (χ0) is 37.1. The predicted octanol–water partition coefficient (Wildman–Crippen LogP) is 10.0. The van der Waals surface area contributed by atoms with E-state index in [9.17, 15) is 9.59 Å². The summed E-state index contributed by atoms with van der Waals surface area (Å²) >= 11 is 0. The van der Waals surface area contributed by atoms with Crippen molar-refractivity contribution in [2.45, 2.75) is 106 Å². The highest BCUT2D eigenvalue weighted by atomic mass is 16.5. The molecule has 7 rings (SSSR count). The molecule has 0 saturated heterocycles. The second-order valence-corrected chi connectivity index (χ2v) is 18.9. The molecule has 9 atom stereocenters. The van der Waals surface area contributed by atoms with Gasteiger partial charge in [0.05, 0.1) is 18.1 Å². The van der Waals surface area contributed by atoms with Crippen molar-refractivity contribution >= 4 is 17.4 Å². The lowest BCUT2D eigenvalue weighted by atomic mass is 9.32. The number of nitrogens with one attached hydrogen (secondary N) is 2. The first-order chi connectivity index (χ1) is 24.7. The molecule has 2 aromatic rings. The largest absolute Gasteiger partial charge is 0.465 e. The molecule has 5 aliphatic rings. The summed E-state index contributed by atoms with van der Waals surface area (Å²) in [6.07, 6.45) is 12.8. The molecule has 4 fully saturated rings. The maximum absolute atomic E-state index is 14.5. The normalized spacial score (nSPS) is 37.4. The van der Waals surface area contributed by atoms with Crippen LogP contribution in [0.3, 0.4) is 0 Å². The molecule has 1 unspecified atom stereocenters. The number of amides is 1. The van der Waals surface area contributed by atoms with Crippen molar-refractivity contribution in [3.05, 3.63) is 89.5 Å². The molecule has 0 aliphatic heterocycles. The van der Waals surface area contributed by atoms with Crippen molar-refractivity contribution in [3.8, 4) is 0 Å². The van der Waals surface area contributed by atoms with Crippen molar-refractivity contribution < 1.29 is 14.3 Å². The molecule has 0 spiro atoms. The maximum atomic E-state index is 14.5. The van der Waals surface area contributed by atoms with E-state index in [1.807, 2.05) is 18.2 Å². The van der Waals surface area contributed by atoms with Gasteiger partial charge in [-0.15, -0.1) is 0 Å². The van der Waals surface area contributed by atoms with Gasteiger partial charge in [0.2, 0.25) is 5.91 Å². The van der Waals surface area contributed by atoms with Gasteiger partial charge in [-0.3, -0.25) is 4.79 Å². The van der Waals surface area contributed by atoms with Crippen LogP contribution in [-0.4, -0.2) is 32.1 Å². The van der Waals surface area contributed by atoms with E-state index in [2.05, 4.69) is 101 Å².